The van der Waals surface area contributed by atoms with Gasteiger partial charge in [0, 0.05) is 34.9 Å². The molecular formula is C27H24FN7O2. The molecule has 0 saturated heterocycles. The van der Waals surface area contributed by atoms with E-state index in [1.54, 1.807) is 29.0 Å². The van der Waals surface area contributed by atoms with Crippen molar-refractivity contribution in [1.82, 2.24) is 24.6 Å². The lowest BCUT2D eigenvalue weighted by Crippen LogP contribution is -2.19. The Labute approximate surface area is 211 Å². The number of nitrogens with one attached hydrogen (secondary N) is 3. The lowest BCUT2D eigenvalue weighted by atomic mass is 9.99. The predicted molar refractivity (Wildman–Crippen MR) is 141 cm³/mol. The van der Waals surface area contributed by atoms with Crippen molar-refractivity contribution in [2.24, 2.45) is 0 Å². The van der Waals surface area contributed by atoms with E-state index in [1.807, 2.05) is 50.2 Å². The summed E-state index contributed by atoms with van der Waals surface area (Å²) < 4.78 is 14.7. The van der Waals surface area contributed by atoms with Gasteiger partial charge in [0.2, 0.25) is 5.95 Å². The van der Waals surface area contributed by atoms with Crippen molar-refractivity contribution in [2.45, 2.75) is 26.3 Å². The van der Waals surface area contributed by atoms with Crippen LogP contribution in [0.3, 0.4) is 0 Å². The molecule has 3 N–H and O–H groups in total. The van der Waals surface area contributed by atoms with E-state index in [0.29, 0.717) is 23.8 Å². The summed E-state index contributed by atoms with van der Waals surface area (Å²) in [6.07, 6.45) is 3.41. The van der Waals surface area contributed by atoms with Gasteiger partial charge in [0.1, 0.15) is 5.65 Å². The van der Waals surface area contributed by atoms with Gasteiger partial charge >= 0.3 is 5.69 Å². The Morgan fingerprint density at radius 2 is 2.00 bits per heavy atom. The fourth-order valence-electron chi connectivity index (χ4n) is 4.21. The second-order valence-electron chi connectivity index (χ2n) is 8.85. The summed E-state index contributed by atoms with van der Waals surface area (Å²) in [5.74, 6) is -1.42. The molecule has 10 heteroatoms. The standard InChI is InChI=1S/C27H24FN7O2/c1-15(2)22-14-31-35-24(22)33-27(37)34-26(35)30-13-18-6-4-5-7-20(18)23-21-9-8-19(32-25(36)16(3)28)12-17(21)10-11-29-23/h4-12,14-15H,3,13H2,1-2H3,(H,32,36)(H2,30,33,34,37). The van der Waals surface area contributed by atoms with Crippen molar-refractivity contribution in [3.05, 3.63) is 94.9 Å². The molecular weight excluding hydrogens is 473 g/mol. The first-order valence-electron chi connectivity index (χ1n) is 11.7. The van der Waals surface area contributed by atoms with Crippen molar-refractivity contribution < 1.29 is 9.18 Å². The van der Waals surface area contributed by atoms with Crippen LogP contribution in [0, 0.1) is 0 Å². The molecule has 2 aromatic carbocycles. The highest BCUT2D eigenvalue weighted by Crippen LogP contribution is 2.31. The molecule has 0 aliphatic carbocycles. The summed E-state index contributed by atoms with van der Waals surface area (Å²) in [5, 5.41) is 11.8. The van der Waals surface area contributed by atoms with Crippen molar-refractivity contribution in [3.8, 4) is 11.3 Å². The van der Waals surface area contributed by atoms with Crippen molar-refractivity contribution >= 4 is 34.0 Å². The molecule has 0 aliphatic rings. The van der Waals surface area contributed by atoms with Crippen LogP contribution in [0.25, 0.3) is 27.7 Å². The van der Waals surface area contributed by atoms with Crippen LogP contribution in [0.4, 0.5) is 16.0 Å². The normalized spacial score (nSPS) is 11.2. The van der Waals surface area contributed by atoms with Crippen molar-refractivity contribution in [2.75, 3.05) is 10.6 Å². The fourth-order valence-corrected chi connectivity index (χ4v) is 4.21. The van der Waals surface area contributed by atoms with Crippen molar-refractivity contribution in [3.63, 3.8) is 0 Å². The summed E-state index contributed by atoms with van der Waals surface area (Å²) in [4.78, 5) is 35.4. The molecule has 1 amide bonds. The van der Waals surface area contributed by atoms with Crippen LogP contribution in [0.5, 0.6) is 0 Å². The molecule has 186 valence electrons. The number of benzene rings is 2. The van der Waals surface area contributed by atoms with E-state index in [-0.39, 0.29) is 5.92 Å². The summed E-state index contributed by atoms with van der Waals surface area (Å²) in [7, 11) is 0. The molecule has 0 aliphatic heterocycles. The SMILES string of the molecule is C=C(F)C(=O)Nc1ccc2c(-c3ccccc3CNc3nc(=O)[nH]c4c(C(C)C)cnn34)nccc2c1. The zero-order valence-corrected chi connectivity index (χ0v) is 20.2. The molecule has 0 fully saturated rings. The number of nitrogens with zero attached hydrogens (tertiary/aromatic N) is 4. The van der Waals surface area contributed by atoms with Gasteiger partial charge < -0.3 is 10.6 Å². The number of halogens is 1. The van der Waals surface area contributed by atoms with Gasteiger partial charge in [0.05, 0.1) is 11.9 Å². The highest BCUT2D eigenvalue weighted by atomic mass is 19.1. The van der Waals surface area contributed by atoms with Crippen LogP contribution in [-0.2, 0) is 11.3 Å². The highest BCUT2D eigenvalue weighted by Gasteiger charge is 2.15. The number of amides is 1. The molecule has 0 saturated carbocycles. The molecule has 0 spiro atoms. The lowest BCUT2D eigenvalue weighted by molar-refractivity contribution is -0.114. The van der Waals surface area contributed by atoms with Crippen LogP contribution in [0.2, 0.25) is 0 Å². The first-order chi connectivity index (χ1) is 17.8. The first-order valence-corrected chi connectivity index (χ1v) is 11.7. The summed E-state index contributed by atoms with van der Waals surface area (Å²) in [5.41, 5.74) is 4.09. The molecule has 37 heavy (non-hydrogen) atoms. The van der Waals surface area contributed by atoms with E-state index in [0.717, 1.165) is 33.2 Å². The van der Waals surface area contributed by atoms with Crippen LogP contribution in [0.15, 0.2) is 78.1 Å². The van der Waals surface area contributed by atoms with Gasteiger partial charge in [-0.15, -0.1) is 0 Å². The van der Waals surface area contributed by atoms with E-state index >= 15 is 0 Å². The molecule has 0 bridgehead atoms. The number of hydrogen-bond acceptors (Lipinski definition) is 6. The van der Waals surface area contributed by atoms with E-state index < -0.39 is 17.4 Å². The van der Waals surface area contributed by atoms with Gasteiger partial charge in [-0.1, -0.05) is 50.8 Å². The van der Waals surface area contributed by atoms with Crippen LogP contribution in [-0.4, -0.2) is 30.5 Å². The fraction of sp³-hybridized carbons (Fsp3) is 0.148. The van der Waals surface area contributed by atoms with Crippen molar-refractivity contribution in [1.29, 1.82) is 0 Å². The van der Waals surface area contributed by atoms with E-state index in [1.165, 1.54) is 0 Å². The zero-order chi connectivity index (χ0) is 26.1. The van der Waals surface area contributed by atoms with E-state index in [4.69, 9.17) is 0 Å². The Balaban J connectivity index is 1.49. The molecule has 0 radical (unpaired) electrons. The third kappa shape index (κ3) is 4.68. The molecule has 3 aromatic heterocycles. The van der Waals surface area contributed by atoms with Gasteiger partial charge in [-0.05, 0) is 35.1 Å². The minimum absolute atomic E-state index is 0.186. The average Bonchev–Trinajstić information content (AvgIpc) is 3.31. The Hall–Kier alpha value is -4.86. The third-order valence-corrected chi connectivity index (χ3v) is 6.03. The van der Waals surface area contributed by atoms with Gasteiger partial charge in [-0.3, -0.25) is 14.8 Å². The number of carbonyl (C=O) groups is 1. The minimum Gasteiger partial charge on any atom is -0.350 e. The molecule has 5 rings (SSSR count). The average molecular weight is 498 g/mol. The second kappa shape index (κ2) is 9.65. The third-order valence-electron chi connectivity index (χ3n) is 6.03. The Bertz CT molecular complexity index is 1720. The minimum atomic E-state index is -1.06. The number of carbonyl (C=O) groups excluding carboxylic acids is 1. The van der Waals surface area contributed by atoms with Crippen LogP contribution < -0.4 is 16.3 Å². The van der Waals surface area contributed by atoms with Gasteiger partial charge in [-0.25, -0.2) is 9.18 Å². The molecule has 0 unspecified atom stereocenters. The number of H-pyrrole nitrogens is 1. The number of rotatable bonds is 7. The predicted octanol–water partition coefficient (Wildman–Crippen LogP) is 4.79. The van der Waals surface area contributed by atoms with Gasteiger partial charge in [0.25, 0.3) is 5.91 Å². The highest BCUT2D eigenvalue weighted by molar-refractivity contribution is 6.04. The van der Waals surface area contributed by atoms with Gasteiger partial charge in [-0.2, -0.15) is 14.6 Å². The number of fused-ring (bicyclic) bond motifs is 2. The largest absolute Gasteiger partial charge is 0.350 e. The summed E-state index contributed by atoms with van der Waals surface area (Å²) in [6.45, 7) is 7.45. The van der Waals surface area contributed by atoms with Gasteiger partial charge in [0.15, 0.2) is 5.83 Å². The molecule has 5 aromatic rings. The summed E-state index contributed by atoms with van der Waals surface area (Å²) in [6, 6.07) is 14.9. The zero-order valence-electron chi connectivity index (χ0n) is 20.2. The maximum Gasteiger partial charge on any atom is 0.349 e. The molecule has 3 heterocycles. The van der Waals surface area contributed by atoms with E-state index in [9.17, 15) is 14.0 Å². The number of aromatic amines is 1. The number of aromatic nitrogens is 5. The Morgan fingerprint density at radius 1 is 1.19 bits per heavy atom. The topological polar surface area (TPSA) is 117 Å². The quantitative estimate of drug-likeness (QED) is 0.278. The molecule has 0 atom stereocenters. The lowest BCUT2D eigenvalue weighted by Gasteiger charge is -2.14. The Kier molecular flexibility index (Phi) is 6.22. The van der Waals surface area contributed by atoms with Crippen LogP contribution in [0.1, 0.15) is 30.9 Å². The first kappa shape index (κ1) is 23.9. The maximum atomic E-state index is 13.1. The molecule has 9 nitrogen and oxygen atoms in total. The van der Waals surface area contributed by atoms with Crippen LogP contribution >= 0.6 is 0 Å². The smallest absolute Gasteiger partial charge is 0.349 e. The monoisotopic (exact) mass is 497 g/mol. The summed E-state index contributed by atoms with van der Waals surface area (Å²) >= 11 is 0. The number of hydrogen-bond donors (Lipinski definition) is 3. The second-order valence-corrected chi connectivity index (χ2v) is 8.85. The van der Waals surface area contributed by atoms with E-state index in [2.05, 4.69) is 37.3 Å². The maximum absolute atomic E-state index is 13.1. The number of anilines is 2. The number of pyridine rings is 1. The Morgan fingerprint density at radius 3 is 2.78 bits per heavy atom.